The summed E-state index contributed by atoms with van der Waals surface area (Å²) in [5.41, 5.74) is -1.15. The van der Waals surface area contributed by atoms with Gasteiger partial charge >= 0.3 is 0 Å². The van der Waals surface area contributed by atoms with Crippen LogP contribution in [0.5, 0.6) is 0 Å². The summed E-state index contributed by atoms with van der Waals surface area (Å²) in [6, 6.07) is 0. The van der Waals surface area contributed by atoms with Gasteiger partial charge in [-0.2, -0.15) is 0 Å². The van der Waals surface area contributed by atoms with E-state index in [4.69, 9.17) is 0 Å². The van der Waals surface area contributed by atoms with Crippen molar-refractivity contribution in [2.45, 2.75) is 20.8 Å². The number of aliphatic carboxylic acids is 1. The fourth-order valence-electron chi connectivity index (χ4n) is 0.681. The highest BCUT2D eigenvalue weighted by atomic mass is 32.2. The molecule has 0 aromatic rings. The van der Waals surface area contributed by atoms with Gasteiger partial charge in [-0.15, -0.1) is 0 Å². The van der Waals surface area contributed by atoms with Gasteiger partial charge in [0.2, 0.25) is 0 Å². The Kier molecular flexibility index (Phi) is 5.97. The number of thioether (sulfide) groups is 2. The molecular formula is C9H13O4S2-. The second-order valence-corrected chi connectivity index (χ2v) is 5.71. The summed E-state index contributed by atoms with van der Waals surface area (Å²) < 4.78 is 0. The summed E-state index contributed by atoms with van der Waals surface area (Å²) in [4.78, 5) is 32.3. The molecule has 0 bridgehead atoms. The fraction of sp³-hybridized carbons (Fsp3) is 0.667. The molecule has 0 saturated carbocycles. The molecule has 4 nitrogen and oxygen atoms in total. The normalized spacial score (nSPS) is 11.1. The van der Waals surface area contributed by atoms with E-state index in [9.17, 15) is 19.5 Å². The maximum Gasteiger partial charge on any atom is 0.185 e. The van der Waals surface area contributed by atoms with Crippen LogP contribution in [0.15, 0.2) is 0 Å². The molecule has 0 atom stereocenters. The molecule has 0 N–H and O–H groups in total. The maximum absolute atomic E-state index is 10.9. The Morgan fingerprint density at radius 1 is 1.07 bits per heavy atom. The Hall–Kier alpha value is -0.490. The second-order valence-electron chi connectivity index (χ2n) is 3.41. The highest BCUT2D eigenvalue weighted by Gasteiger charge is 2.27. The minimum absolute atomic E-state index is 0.130. The van der Waals surface area contributed by atoms with Crippen molar-refractivity contribution < 1.29 is 19.5 Å². The van der Waals surface area contributed by atoms with Gasteiger partial charge in [-0.1, -0.05) is 30.4 Å². The van der Waals surface area contributed by atoms with Crippen LogP contribution in [0.25, 0.3) is 0 Å². The Morgan fingerprint density at radius 2 is 1.40 bits per heavy atom. The van der Waals surface area contributed by atoms with Crippen LogP contribution in [-0.4, -0.2) is 27.7 Å². The molecule has 0 aromatic carbocycles. The lowest BCUT2D eigenvalue weighted by Gasteiger charge is -2.28. The van der Waals surface area contributed by atoms with Gasteiger partial charge in [0.1, 0.15) is 0 Å². The smallest absolute Gasteiger partial charge is 0.185 e. The third-order valence-electron chi connectivity index (χ3n) is 1.68. The lowest BCUT2D eigenvalue weighted by Crippen LogP contribution is -2.44. The zero-order valence-corrected chi connectivity index (χ0v) is 10.5. The van der Waals surface area contributed by atoms with Gasteiger partial charge in [0, 0.05) is 36.7 Å². The molecule has 6 heteroatoms. The quantitative estimate of drug-likeness (QED) is 0.697. The van der Waals surface area contributed by atoms with E-state index in [1.165, 1.54) is 20.8 Å². The van der Waals surface area contributed by atoms with E-state index >= 15 is 0 Å². The summed E-state index contributed by atoms with van der Waals surface area (Å²) in [5, 5.41) is 10.6. The van der Waals surface area contributed by atoms with Crippen molar-refractivity contribution in [2.75, 3.05) is 11.5 Å². The first-order valence-corrected chi connectivity index (χ1v) is 6.23. The molecule has 0 aromatic heterocycles. The summed E-state index contributed by atoms with van der Waals surface area (Å²) in [7, 11) is 0. The molecular weight excluding hydrogens is 236 g/mol. The summed E-state index contributed by atoms with van der Waals surface area (Å²) in [6.45, 7) is 4.23. The van der Waals surface area contributed by atoms with Gasteiger partial charge in [0.15, 0.2) is 10.2 Å². The zero-order chi connectivity index (χ0) is 12.1. The van der Waals surface area contributed by atoms with Crippen molar-refractivity contribution in [2.24, 2.45) is 5.41 Å². The fourth-order valence-corrected chi connectivity index (χ4v) is 2.29. The predicted molar refractivity (Wildman–Crippen MR) is 59.4 cm³/mol. The van der Waals surface area contributed by atoms with Gasteiger partial charge in [-0.05, 0) is 0 Å². The van der Waals surface area contributed by atoms with Crippen molar-refractivity contribution in [3.05, 3.63) is 0 Å². The Balaban J connectivity index is 4.38. The van der Waals surface area contributed by atoms with E-state index in [-0.39, 0.29) is 21.7 Å². The van der Waals surface area contributed by atoms with E-state index in [2.05, 4.69) is 0 Å². The van der Waals surface area contributed by atoms with Gasteiger partial charge < -0.3 is 9.90 Å². The van der Waals surface area contributed by atoms with Gasteiger partial charge in [-0.3, -0.25) is 9.59 Å². The van der Waals surface area contributed by atoms with Crippen molar-refractivity contribution in [1.29, 1.82) is 0 Å². The minimum Gasteiger partial charge on any atom is -0.550 e. The SMILES string of the molecule is CC(=O)SCC(C)(CSC(C)=O)C(=O)[O-]. The first-order chi connectivity index (χ1) is 6.78. The van der Waals surface area contributed by atoms with Crippen LogP contribution in [-0.2, 0) is 14.4 Å². The van der Waals surface area contributed by atoms with Gasteiger partial charge in [0.05, 0.1) is 0 Å². The third-order valence-corrected chi connectivity index (χ3v) is 4.06. The van der Waals surface area contributed by atoms with Crippen molar-refractivity contribution >= 4 is 39.7 Å². The molecule has 0 heterocycles. The number of hydrogen-bond donors (Lipinski definition) is 0. The number of carbonyl (C=O) groups excluding carboxylic acids is 3. The highest BCUT2D eigenvalue weighted by Crippen LogP contribution is 2.27. The molecule has 0 aliphatic rings. The first kappa shape index (κ1) is 14.5. The number of carbonyl (C=O) groups is 3. The summed E-state index contributed by atoms with van der Waals surface area (Å²) in [5.74, 6) is -0.972. The third kappa shape index (κ3) is 5.84. The molecule has 0 rings (SSSR count). The summed E-state index contributed by atoms with van der Waals surface area (Å²) >= 11 is 1.87. The van der Waals surface area contributed by atoms with E-state index in [0.29, 0.717) is 0 Å². The van der Waals surface area contributed by atoms with Crippen LogP contribution in [0, 0.1) is 5.41 Å². The molecule has 15 heavy (non-hydrogen) atoms. The van der Waals surface area contributed by atoms with Gasteiger partial charge in [0.25, 0.3) is 0 Å². The molecule has 0 amide bonds. The van der Waals surface area contributed by atoms with Crippen LogP contribution in [0.3, 0.4) is 0 Å². The predicted octanol–water partition coefficient (Wildman–Crippen LogP) is 0.302. The second kappa shape index (κ2) is 6.17. The Morgan fingerprint density at radius 3 is 1.60 bits per heavy atom. The number of carboxylic acids is 1. The average Bonchev–Trinajstić information content (AvgIpc) is 2.11. The van der Waals surface area contributed by atoms with Crippen molar-refractivity contribution in [3.63, 3.8) is 0 Å². The highest BCUT2D eigenvalue weighted by molar-refractivity contribution is 8.14. The first-order valence-electron chi connectivity index (χ1n) is 4.26. The molecule has 0 aliphatic carbocycles. The van der Waals surface area contributed by atoms with Crippen LogP contribution in [0.2, 0.25) is 0 Å². The Labute approximate surface area is 97.2 Å². The number of hydrogen-bond acceptors (Lipinski definition) is 6. The van der Waals surface area contributed by atoms with Crippen molar-refractivity contribution in [1.82, 2.24) is 0 Å². The van der Waals surface area contributed by atoms with E-state index in [1.54, 1.807) is 0 Å². The van der Waals surface area contributed by atoms with Crippen LogP contribution < -0.4 is 5.11 Å². The van der Waals surface area contributed by atoms with Crippen molar-refractivity contribution in [3.8, 4) is 0 Å². The number of carboxylic acid groups (broad SMARTS) is 1. The topological polar surface area (TPSA) is 74.3 Å². The largest absolute Gasteiger partial charge is 0.550 e. The molecule has 86 valence electrons. The Bertz CT molecular complexity index is 257. The lowest BCUT2D eigenvalue weighted by molar-refractivity contribution is -0.315. The molecule has 0 saturated heterocycles. The molecule has 0 aliphatic heterocycles. The monoisotopic (exact) mass is 249 g/mol. The minimum atomic E-state index is -1.23. The van der Waals surface area contributed by atoms with Crippen LogP contribution in [0.4, 0.5) is 0 Å². The molecule has 0 unspecified atom stereocenters. The summed E-state index contributed by atoms with van der Waals surface area (Å²) in [6.07, 6.45) is 0. The average molecular weight is 249 g/mol. The lowest BCUT2D eigenvalue weighted by atomic mass is 9.97. The number of rotatable bonds is 5. The standard InChI is InChI=1S/C9H14O4S2/c1-6(10)14-4-9(3,8(12)13)5-15-7(2)11/h4-5H2,1-3H3,(H,12,13)/p-1. The van der Waals surface area contributed by atoms with E-state index < -0.39 is 11.4 Å². The van der Waals surface area contributed by atoms with E-state index in [1.807, 2.05) is 0 Å². The van der Waals surface area contributed by atoms with E-state index in [0.717, 1.165) is 23.5 Å². The molecule has 0 fully saturated rings. The van der Waals surface area contributed by atoms with Crippen LogP contribution >= 0.6 is 23.5 Å². The maximum atomic E-state index is 10.9. The molecule has 0 radical (unpaired) electrons. The zero-order valence-electron chi connectivity index (χ0n) is 8.86. The van der Waals surface area contributed by atoms with Crippen LogP contribution in [0.1, 0.15) is 20.8 Å². The molecule has 0 spiro atoms. The van der Waals surface area contributed by atoms with Gasteiger partial charge in [-0.25, -0.2) is 0 Å².